The molecule has 136 valence electrons. The van der Waals surface area contributed by atoms with E-state index in [-0.39, 0.29) is 11.4 Å². The number of nitro groups is 1. The van der Waals surface area contributed by atoms with Gasteiger partial charge in [0.25, 0.3) is 5.91 Å². The van der Waals surface area contributed by atoms with Crippen molar-refractivity contribution < 1.29 is 28.4 Å². The summed E-state index contributed by atoms with van der Waals surface area (Å²) in [7, 11) is 0. The maximum absolute atomic E-state index is 13.3. The quantitative estimate of drug-likeness (QED) is 0.439. The summed E-state index contributed by atoms with van der Waals surface area (Å²) in [6.07, 6.45) is 0.653. The predicted molar refractivity (Wildman–Crippen MR) is 90.2 cm³/mol. The number of nitro benzene ring substituents is 1. The molecule has 0 spiro atoms. The van der Waals surface area contributed by atoms with Crippen LogP contribution in [0.5, 0.6) is 11.5 Å². The van der Waals surface area contributed by atoms with Crippen molar-refractivity contribution in [2.45, 2.75) is 6.92 Å². The Morgan fingerprint density at radius 2 is 2.00 bits per heavy atom. The molecule has 0 aliphatic carbocycles. The summed E-state index contributed by atoms with van der Waals surface area (Å²) in [6, 6.07) is 7.48. The number of hydrogen-bond acceptors (Lipinski definition) is 6. The lowest BCUT2D eigenvalue weighted by atomic mass is 10.2. The highest BCUT2D eigenvalue weighted by atomic mass is 19.1. The van der Waals surface area contributed by atoms with Gasteiger partial charge in [-0.1, -0.05) is 0 Å². The van der Waals surface area contributed by atoms with Crippen LogP contribution >= 0.6 is 0 Å². The van der Waals surface area contributed by atoms with Crippen LogP contribution in [-0.2, 0) is 4.79 Å². The highest BCUT2D eigenvalue weighted by Gasteiger charge is 2.16. The molecule has 9 heteroatoms. The Balaban J connectivity index is 2.04. The van der Waals surface area contributed by atoms with Crippen LogP contribution in [0.25, 0.3) is 0 Å². The number of halogens is 1. The highest BCUT2D eigenvalue weighted by Crippen LogP contribution is 2.28. The Morgan fingerprint density at radius 3 is 2.65 bits per heavy atom. The van der Waals surface area contributed by atoms with Gasteiger partial charge in [-0.05, 0) is 37.3 Å². The molecule has 0 saturated heterocycles. The van der Waals surface area contributed by atoms with Crippen molar-refractivity contribution >= 4 is 23.6 Å². The van der Waals surface area contributed by atoms with Gasteiger partial charge in [0.15, 0.2) is 18.1 Å². The number of hydrogen-bond donors (Lipinski definition) is 1. The Morgan fingerprint density at radius 1 is 1.23 bits per heavy atom. The van der Waals surface area contributed by atoms with Crippen LogP contribution in [0.3, 0.4) is 0 Å². The zero-order chi connectivity index (χ0) is 19.1. The molecule has 2 aromatic rings. The van der Waals surface area contributed by atoms with Crippen LogP contribution in [0.15, 0.2) is 36.4 Å². The Kier molecular flexibility index (Phi) is 6.20. The number of nitrogens with one attached hydrogen (secondary N) is 1. The van der Waals surface area contributed by atoms with Crippen molar-refractivity contribution in [3.8, 4) is 11.5 Å². The number of anilines is 1. The topological polar surface area (TPSA) is 108 Å². The van der Waals surface area contributed by atoms with Gasteiger partial charge in [0.1, 0.15) is 6.29 Å². The lowest BCUT2D eigenvalue weighted by Crippen LogP contribution is -2.20. The summed E-state index contributed by atoms with van der Waals surface area (Å²) in [6.45, 7) is 1.68. The molecule has 2 rings (SSSR count). The maximum Gasteiger partial charge on any atom is 0.306 e. The molecule has 0 atom stereocenters. The number of ether oxygens (including phenoxy) is 2. The fraction of sp³-hybridized carbons (Fsp3) is 0.176. The molecule has 1 N–H and O–H groups in total. The Labute approximate surface area is 147 Å². The summed E-state index contributed by atoms with van der Waals surface area (Å²) < 4.78 is 24.0. The van der Waals surface area contributed by atoms with Crippen molar-refractivity contribution in [2.24, 2.45) is 0 Å². The van der Waals surface area contributed by atoms with Gasteiger partial charge in [-0.3, -0.25) is 19.7 Å². The molecule has 1 amide bonds. The summed E-state index contributed by atoms with van der Waals surface area (Å²) >= 11 is 0. The summed E-state index contributed by atoms with van der Waals surface area (Å²) in [4.78, 5) is 32.6. The molecule has 0 aliphatic rings. The first-order valence-corrected chi connectivity index (χ1v) is 7.53. The average Bonchev–Trinajstić information content (AvgIpc) is 2.62. The molecule has 8 nitrogen and oxygen atoms in total. The van der Waals surface area contributed by atoms with Crippen molar-refractivity contribution in [1.82, 2.24) is 0 Å². The number of nitrogens with zero attached hydrogens (tertiary/aromatic N) is 1. The molecule has 0 aromatic heterocycles. The Bertz CT molecular complexity index is 840. The standard InChI is InChI=1S/C17H15FN2O6/c1-2-25-16-7-11(9-21)3-6-15(16)26-10-17(22)19-12-4-5-13(18)14(8-12)20(23)24/h3-9H,2,10H2,1H3,(H,19,22). The van der Waals surface area contributed by atoms with Gasteiger partial charge in [0, 0.05) is 17.3 Å². The first kappa shape index (κ1) is 18.8. The van der Waals surface area contributed by atoms with E-state index in [2.05, 4.69) is 5.32 Å². The van der Waals surface area contributed by atoms with Gasteiger partial charge < -0.3 is 14.8 Å². The van der Waals surface area contributed by atoms with Crippen molar-refractivity contribution in [3.63, 3.8) is 0 Å². The molecule has 0 bridgehead atoms. The lowest BCUT2D eigenvalue weighted by molar-refractivity contribution is -0.387. The fourth-order valence-corrected chi connectivity index (χ4v) is 2.06. The van der Waals surface area contributed by atoms with Crippen molar-refractivity contribution in [3.05, 3.63) is 57.9 Å². The molecule has 0 fully saturated rings. The first-order chi connectivity index (χ1) is 12.4. The Hall–Kier alpha value is -3.49. The van der Waals surface area contributed by atoms with Gasteiger partial charge >= 0.3 is 5.69 Å². The smallest absolute Gasteiger partial charge is 0.306 e. The number of rotatable bonds is 8. The predicted octanol–water partition coefficient (Wildman–Crippen LogP) is 2.96. The number of carbonyl (C=O) groups is 2. The number of aldehydes is 1. The molecule has 0 aliphatic heterocycles. The minimum atomic E-state index is -0.999. The zero-order valence-electron chi connectivity index (χ0n) is 13.7. The summed E-state index contributed by atoms with van der Waals surface area (Å²) in [5, 5.41) is 13.1. The summed E-state index contributed by atoms with van der Waals surface area (Å²) in [5.41, 5.74) is -0.288. The van der Waals surface area contributed by atoms with E-state index in [0.29, 0.717) is 24.2 Å². The van der Waals surface area contributed by atoms with Crippen LogP contribution in [0.4, 0.5) is 15.8 Å². The normalized spacial score (nSPS) is 10.1. The van der Waals surface area contributed by atoms with Crippen molar-refractivity contribution in [2.75, 3.05) is 18.5 Å². The van der Waals surface area contributed by atoms with Crippen LogP contribution in [-0.4, -0.2) is 30.3 Å². The summed E-state index contributed by atoms with van der Waals surface area (Å²) in [5.74, 6) is -1.03. The second-order valence-corrected chi connectivity index (χ2v) is 5.02. The minimum absolute atomic E-state index is 0.0630. The minimum Gasteiger partial charge on any atom is -0.490 e. The molecule has 26 heavy (non-hydrogen) atoms. The molecule has 0 heterocycles. The van der Waals surface area contributed by atoms with Gasteiger partial charge in [0.05, 0.1) is 11.5 Å². The third kappa shape index (κ3) is 4.76. The van der Waals surface area contributed by atoms with Crippen LogP contribution in [0.2, 0.25) is 0 Å². The van der Waals surface area contributed by atoms with E-state index >= 15 is 0 Å². The third-order valence-electron chi connectivity index (χ3n) is 3.19. The largest absolute Gasteiger partial charge is 0.490 e. The number of carbonyl (C=O) groups excluding carboxylic acids is 2. The highest BCUT2D eigenvalue weighted by molar-refractivity contribution is 5.92. The van der Waals surface area contributed by atoms with Gasteiger partial charge in [-0.2, -0.15) is 4.39 Å². The second-order valence-electron chi connectivity index (χ2n) is 5.02. The van der Waals surface area contributed by atoms with E-state index in [4.69, 9.17) is 9.47 Å². The molecule has 2 aromatic carbocycles. The fourth-order valence-electron chi connectivity index (χ4n) is 2.06. The first-order valence-electron chi connectivity index (χ1n) is 7.53. The van der Waals surface area contributed by atoms with Gasteiger partial charge in [0.2, 0.25) is 5.82 Å². The maximum atomic E-state index is 13.3. The molecule has 0 saturated carbocycles. The molecular formula is C17H15FN2O6. The van der Waals surface area contributed by atoms with Crippen molar-refractivity contribution in [1.29, 1.82) is 0 Å². The SMILES string of the molecule is CCOc1cc(C=O)ccc1OCC(=O)Nc1ccc(F)c([N+](=O)[O-])c1. The van der Waals surface area contributed by atoms with Crippen LogP contribution in [0.1, 0.15) is 17.3 Å². The van der Waals surface area contributed by atoms with Crippen LogP contribution in [0, 0.1) is 15.9 Å². The van der Waals surface area contributed by atoms with Crippen LogP contribution < -0.4 is 14.8 Å². The lowest BCUT2D eigenvalue weighted by Gasteiger charge is -2.12. The van der Waals surface area contributed by atoms with E-state index in [0.717, 1.165) is 12.1 Å². The molecular weight excluding hydrogens is 347 g/mol. The molecule has 0 radical (unpaired) electrons. The van der Waals surface area contributed by atoms with E-state index in [9.17, 15) is 24.1 Å². The van der Waals surface area contributed by atoms with E-state index < -0.39 is 28.9 Å². The third-order valence-corrected chi connectivity index (χ3v) is 3.19. The number of amides is 1. The average molecular weight is 362 g/mol. The van der Waals surface area contributed by atoms with E-state index in [1.807, 2.05) is 0 Å². The molecule has 0 unspecified atom stereocenters. The zero-order valence-corrected chi connectivity index (χ0v) is 13.7. The van der Waals surface area contributed by atoms with E-state index in [1.165, 1.54) is 24.3 Å². The second kappa shape index (κ2) is 8.56. The monoisotopic (exact) mass is 362 g/mol. The van der Waals surface area contributed by atoms with Gasteiger partial charge in [-0.25, -0.2) is 0 Å². The van der Waals surface area contributed by atoms with Gasteiger partial charge in [-0.15, -0.1) is 0 Å². The number of benzene rings is 2. The van der Waals surface area contributed by atoms with E-state index in [1.54, 1.807) is 6.92 Å².